The summed E-state index contributed by atoms with van der Waals surface area (Å²) in [6.45, 7) is 13.6. The van der Waals surface area contributed by atoms with E-state index in [1.165, 1.54) is 0 Å². The van der Waals surface area contributed by atoms with Gasteiger partial charge in [0.05, 0.1) is 24.7 Å². The zero-order chi connectivity index (χ0) is 25.0. The van der Waals surface area contributed by atoms with Crippen molar-refractivity contribution in [2.75, 3.05) is 6.61 Å². The third-order valence-electron chi connectivity index (χ3n) is 11.6. The fraction of sp³-hybridized carbons (Fsp3) is 0.966. The van der Waals surface area contributed by atoms with Crippen LogP contribution in [0, 0.1) is 58.2 Å². The van der Waals surface area contributed by atoms with Gasteiger partial charge in [-0.2, -0.15) is 0 Å². The minimum Gasteiger partial charge on any atom is -0.465 e. The maximum atomic E-state index is 14.3. The molecular weight excluding hydrogens is 431 g/mol. The van der Waals surface area contributed by atoms with E-state index in [4.69, 9.17) is 4.74 Å². The first kappa shape index (κ1) is 26.4. The van der Waals surface area contributed by atoms with Crippen molar-refractivity contribution in [1.29, 1.82) is 0 Å². The van der Waals surface area contributed by atoms with Gasteiger partial charge in [0.1, 0.15) is 6.17 Å². The summed E-state index contributed by atoms with van der Waals surface area (Å²) in [6.07, 6.45) is 4.46. The molecule has 1 heterocycles. The van der Waals surface area contributed by atoms with Gasteiger partial charge in [-0.1, -0.05) is 48.0 Å². The number of halogens is 1. The van der Waals surface area contributed by atoms with Crippen LogP contribution in [0.25, 0.3) is 0 Å². The molecular formula is C29H49FO4. The van der Waals surface area contributed by atoms with E-state index in [1.54, 1.807) is 0 Å². The highest BCUT2D eigenvalue weighted by Gasteiger charge is 2.62. The highest BCUT2D eigenvalue weighted by atomic mass is 19.1. The van der Waals surface area contributed by atoms with Gasteiger partial charge in [0, 0.05) is 0 Å². The molecule has 2 N–H and O–H groups in total. The van der Waals surface area contributed by atoms with Gasteiger partial charge in [-0.25, -0.2) is 4.39 Å². The Bertz CT molecular complexity index is 742. The largest absolute Gasteiger partial charge is 0.465 e. The molecule has 4 fully saturated rings. The molecule has 5 heteroatoms. The first-order valence-corrected chi connectivity index (χ1v) is 14.1. The van der Waals surface area contributed by atoms with E-state index in [0.717, 1.165) is 38.5 Å². The number of rotatable bonds is 6. The molecule has 1 aliphatic heterocycles. The van der Waals surface area contributed by atoms with Gasteiger partial charge in [-0.15, -0.1) is 0 Å². The Morgan fingerprint density at radius 3 is 2.29 bits per heavy atom. The van der Waals surface area contributed by atoms with E-state index >= 15 is 0 Å². The molecule has 0 radical (unpaired) electrons. The molecule has 3 saturated carbocycles. The summed E-state index contributed by atoms with van der Waals surface area (Å²) in [4.78, 5) is 12.9. The van der Waals surface area contributed by atoms with Crippen molar-refractivity contribution in [3.63, 3.8) is 0 Å². The lowest BCUT2D eigenvalue weighted by Crippen LogP contribution is -2.52. The average Bonchev–Trinajstić information content (AvgIpc) is 3.10. The van der Waals surface area contributed by atoms with Gasteiger partial charge in [-0.05, 0) is 97.2 Å². The van der Waals surface area contributed by atoms with E-state index in [-0.39, 0.29) is 34.6 Å². The van der Waals surface area contributed by atoms with Gasteiger partial charge < -0.3 is 14.9 Å². The summed E-state index contributed by atoms with van der Waals surface area (Å²) in [5.41, 5.74) is -0.103. The number of fused-ring (bicyclic) bond motifs is 5. The molecule has 34 heavy (non-hydrogen) atoms. The Balaban J connectivity index is 1.56. The van der Waals surface area contributed by atoms with Crippen molar-refractivity contribution in [1.82, 2.24) is 0 Å². The molecule has 0 unspecified atom stereocenters. The van der Waals surface area contributed by atoms with Crippen LogP contribution in [0.3, 0.4) is 0 Å². The van der Waals surface area contributed by atoms with Crippen LogP contribution < -0.4 is 0 Å². The summed E-state index contributed by atoms with van der Waals surface area (Å²) in [5.74, 6) is 1.45. The molecule has 0 amide bonds. The second-order valence-electron chi connectivity index (χ2n) is 13.3. The molecule has 0 aromatic rings. The molecule has 4 nitrogen and oxygen atoms in total. The fourth-order valence-corrected chi connectivity index (χ4v) is 9.53. The van der Waals surface area contributed by atoms with E-state index in [2.05, 4.69) is 41.5 Å². The van der Waals surface area contributed by atoms with E-state index in [1.807, 2.05) is 0 Å². The molecule has 0 aromatic carbocycles. The monoisotopic (exact) mass is 480 g/mol. The van der Waals surface area contributed by atoms with Crippen LogP contribution in [-0.4, -0.2) is 41.2 Å². The number of ether oxygens (including phenoxy) is 1. The number of aliphatic hydroxyl groups excluding tert-OH is 2. The smallest absolute Gasteiger partial charge is 0.309 e. The Morgan fingerprint density at radius 2 is 1.65 bits per heavy atom. The number of carbonyl (C=O) groups is 1. The predicted octanol–water partition coefficient (Wildman–Crippen LogP) is 5.79. The maximum Gasteiger partial charge on any atom is 0.309 e. The van der Waals surface area contributed by atoms with Crippen molar-refractivity contribution in [3.8, 4) is 0 Å². The Labute approximate surface area is 206 Å². The van der Waals surface area contributed by atoms with E-state index < -0.39 is 18.4 Å². The maximum absolute atomic E-state index is 14.3. The molecule has 4 aliphatic rings. The third kappa shape index (κ3) is 4.15. The minimum atomic E-state index is -0.890. The third-order valence-corrected chi connectivity index (χ3v) is 11.6. The van der Waals surface area contributed by atoms with Gasteiger partial charge in [0.15, 0.2) is 0 Å². The summed E-state index contributed by atoms with van der Waals surface area (Å²) in [7, 11) is 0. The number of cyclic esters (lactones) is 1. The van der Waals surface area contributed by atoms with Crippen molar-refractivity contribution < 1.29 is 24.1 Å². The minimum absolute atomic E-state index is 0.0213. The van der Waals surface area contributed by atoms with Gasteiger partial charge in [0.2, 0.25) is 0 Å². The summed E-state index contributed by atoms with van der Waals surface area (Å²) in [5, 5.41) is 22.3. The average molecular weight is 481 g/mol. The molecule has 12 atom stereocenters. The van der Waals surface area contributed by atoms with Crippen LogP contribution in [0.4, 0.5) is 4.39 Å². The molecule has 1 saturated heterocycles. The molecule has 0 bridgehead atoms. The van der Waals surface area contributed by atoms with Crippen LogP contribution >= 0.6 is 0 Å². The topological polar surface area (TPSA) is 66.8 Å². The van der Waals surface area contributed by atoms with Crippen LogP contribution in [0.1, 0.15) is 92.9 Å². The number of hydrogen-bond donors (Lipinski definition) is 2. The van der Waals surface area contributed by atoms with E-state index in [9.17, 15) is 19.4 Å². The van der Waals surface area contributed by atoms with Crippen LogP contribution in [-0.2, 0) is 9.53 Å². The lowest BCUT2D eigenvalue weighted by atomic mass is 9.48. The van der Waals surface area contributed by atoms with Crippen molar-refractivity contribution in [2.24, 2.45) is 58.2 Å². The van der Waals surface area contributed by atoms with E-state index in [0.29, 0.717) is 49.0 Å². The van der Waals surface area contributed by atoms with Gasteiger partial charge in [0.25, 0.3) is 0 Å². The number of aliphatic hydroxyl groups is 2. The molecule has 3 aliphatic carbocycles. The summed E-state index contributed by atoms with van der Waals surface area (Å²) < 4.78 is 20.2. The van der Waals surface area contributed by atoms with Crippen molar-refractivity contribution >= 4 is 5.97 Å². The lowest BCUT2D eigenvalue weighted by molar-refractivity contribution is -0.154. The number of alkyl halides is 1. The first-order chi connectivity index (χ1) is 16.0. The zero-order valence-electron chi connectivity index (χ0n) is 22.3. The fourth-order valence-electron chi connectivity index (χ4n) is 9.53. The van der Waals surface area contributed by atoms with Crippen LogP contribution in [0.2, 0.25) is 0 Å². The summed E-state index contributed by atoms with van der Waals surface area (Å²) >= 11 is 0. The van der Waals surface area contributed by atoms with Crippen molar-refractivity contribution in [2.45, 2.75) is 111 Å². The highest BCUT2D eigenvalue weighted by Crippen LogP contribution is 2.66. The zero-order valence-corrected chi connectivity index (χ0v) is 22.3. The molecule has 0 aromatic heterocycles. The quantitative estimate of drug-likeness (QED) is 0.473. The number of carbonyl (C=O) groups excluding carboxylic acids is 1. The highest BCUT2D eigenvalue weighted by molar-refractivity contribution is 5.74. The molecule has 4 rings (SSSR count). The summed E-state index contributed by atoms with van der Waals surface area (Å²) in [6, 6.07) is 0. The normalized spacial score (nSPS) is 45.9. The Kier molecular flexibility index (Phi) is 7.49. The second kappa shape index (κ2) is 9.65. The second-order valence-corrected chi connectivity index (χ2v) is 13.3. The number of esters is 1. The lowest BCUT2D eigenvalue weighted by Gasteiger charge is -2.55. The predicted molar refractivity (Wildman–Crippen MR) is 132 cm³/mol. The Morgan fingerprint density at radius 1 is 1.00 bits per heavy atom. The first-order valence-electron chi connectivity index (χ1n) is 14.1. The van der Waals surface area contributed by atoms with Gasteiger partial charge >= 0.3 is 5.97 Å². The molecule has 0 spiro atoms. The van der Waals surface area contributed by atoms with Crippen LogP contribution in [0.5, 0.6) is 0 Å². The number of hydrogen-bond acceptors (Lipinski definition) is 4. The van der Waals surface area contributed by atoms with Crippen molar-refractivity contribution in [3.05, 3.63) is 0 Å². The van der Waals surface area contributed by atoms with Gasteiger partial charge in [-0.3, -0.25) is 4.79 Å². The SMILES string of the molecule is CC[C@H](C(C)C)[C@H](O)[C@@H](O)[C@@H](C)[C@H]1CC[C@H]2[C@@H]3COC(=O)[C@H]4C[C@H](F)CC[C@]4(C)[C@H]3CC[C@]12C. The Hall–Kier alpha value is -0.680. The standard InChI is InChI=1S/C29H49FO4/c1-7-19(16(2)3)26(32)25(31)17(4)21-8-9-22-20-15-34-27(33)24-14-18(30)10-12-29(24,6)23(20)11-13-28(21,22)5/h16-26,31-32H,7-15H2,1-6H3/t17-,18+,19+,20-,21+,22-,23-,24+,25-,26-,28+,29+/m0/s1. The van der Waals surface area contributed by atoms with Crippen LogP contribution in [0.15, 0.2) is 0 Å². The molecule has 196 valence electrons.